The number of amides is 4. The second-order valence-corrected chi connectivity index (χ2v) is 6.64. The van der Waals surface area contributed by atoms with Gasteiger partial charge in [-0.3, -0.25) is 14.5 Å². The summed E-state index contributed by atoms with van der Waals surface area (Å²) in [6, 6.07) is 9.97. The molecule has 2 heterocycles. The van der Waals surface area contributed by atoms with Crippen LogP contribution in [0.2, 0.25) is 0 Å². The van der Waals surface area contributed by atoms with Crippen molar-refractivity contribution in [3.05, 3.63) is 58.5 Å². The Bertz CT molecular complexity index is 821. The van der Waals surface area contributed by atoms with Crippen molar-refractivity contribution >= 4 is 33.8 Å². The highest BCUT2D eigenvalue weighted by molar-refractivity contribution is 9.10. The van der Waals surface area contributed by atoms with E-state index in [0.29, 0.717) is 15.8 Å². The Balaban J connectivity index is 1.71. The fourth-order valence-corrected chi connectivity index (χ4v) is 3.37. The van der Waals surface area contributed by atoms with Gasteiger partial charge in [0.05, 0.1) is 12.8 Å². The van der Waals surface area contributed by atoms with Crippen LogP contribution in [0.25, 0.3) is 0 Å². The first-order valence-electron chi connectivity index (χ1n) is 7.60. The second kappa shape index (κ2) is 6.72. The normalized spacial score (nSPS) is 19.8. The molecule has 1 fully saturated rings. The molecule has 1 aliphatic rings. The maximum Gasteiger partial charge on any atom is 0.325 e. The van der Waals surface area contributed by atoms with Crippen molar-refractivity contribution in [1.82, 2.24) is 15.5 Å². The molecule has 0 aliphatic carbocycles. The number of hydrogen-bond donors (Lipinski definition) is 2. The summed E-state index contributed by atoms with van der Waals surface area (Å²) < 4.78 is 5.82. The van der Waals surface area contributed by atoms with Crippen molar-refractivity contribution in [2.75, 3.05) is 6.54 Å². The number of nitrogens with zero attached hydrogens (tertiary/aromatic N) is 1. The van der Waals surface area contributed by atoms with Crippen molar-refractivity contribution in [2.45, 2.75) is 19.0 Å². The number of imide groups is 1. The van der Waals surface area contributed by atoms with E-state index in [1.807, 2.05) is 6.07 Å². The molecule has 4 amide bonds. The maximum atomic E-state index is 12.8. The van der Waals surface area contributed by atoms with Gasteiger partial charge >= 0.3 is 6.03 Å². The van der Waals surface area contributed by atoms with Gasteiger partial charge in [-0.25, -0.2) is 4.79 Å². The van der Waals surface area contributed by atoms with Gasteiger partial charge in [0, 0.05) is 10.0 Å². The van der Waals surface area contributed by atoms with Crippen molar-refractivity contribution in [1.29, 1.82) is 0 Å². The number of rotatable bonds is 5. The molecule has 1 aliphatic heterocycles. The molecule has 0 spiro atoms. The van der Waals surface area contributed by atoms with Gasteiger partial charge in [-0.15, -0.1) is 0 Å². The van der Waals surface area contributed by atoms with E-state index in [1.54, 1.807) is 37.3 Å². The number of benzene rings is 1. The molecule has 1 aromatic carbocycles. The Labute approximate surface area is 152 Å². The molecule has 130 valence electrons. The molecule has 1 atom stereocenters. The van der Waals surface area contributed by atoms with Gasteiger partial charge in [-0.05, 0) is 25.1 Å². The molecule has 0 bridgehead atoms. The Hall–Kier alpha value is -2.61. The number of furan rings is 1. The molecule has 0 radical (unpaired) electrons. The molecular weight excluding hydrogens is 390 g/mol. The summed E-state index contributed by atoms with van der Waals surface area (Å²) in [7, 11) is 0. The number of urea groups is 1. The van der Waals surface area contributed by atoms with Crippen LogP contribution in [-0.4, -0.2) is 29.3 Å². The van der Waals surface area contributed by atoms with Crippen LogP contribution in [0.3, 0.4) is 0 Å². The van der Waals surface area contributed by atoms with Crippen LogP contribution in [-0.2, 0) is 21.7 Å². The fraction of sp³-hybridized carbons (Fsp3) is 0.235. The standard InChI is InChI=1S/C17H16BrN3O4/c1-17(12-6-2-3-7-13(12)18)15(23)21(16(24)20-17)10-14(22)19-9-11-5-4-8-25-11/h2-8H,9-10H2,1H3,(H,19,22)(H,20,24). The molecule has 1 unspecified atom stereocenters. The lowest BCUT2D eigenvalue weighted by atomic mass is 9.92. The summed E-state index contributed by atoms with van der Waals surface area (Å²) in [6.07, 6.45) is 1.50. The molecule has 0 saturated carbocycles. The molecule has 8 heteroatoms. The third-order valence-electron chi connectivity index (χ3n) is 4.03. The average Bonchev–Trinajstić information content (AvgIpc) is 3.17. The van der Waals surface area contributed by atoms with E-state index in [9.17, 15) is 14.4 Å². The van der Waals surface area contributed by atoms with Crippen molar-refractivity contribution in [3.8, 4) is 0 Å². The number of hydrogen-bond acceptors (Lipinski definition) is 4. The van der Waals surface area contributed by atoms with Gasteiger partial charge in [-0.2, -0.15) is 0 Å². The lowest BCUT2D eigenvalue weighted by Crippen LogP contribution is -2.43. The smallest absolute Gasteiger partial charge is 0.325 e. The van der Waals surface area contributed by atoms with Crippen LogP contribution < -0.4 is 10.6 Å². The molecule has 7 nitrogen and oxygen atoms in total. The summed E-state index contributed by atoms with van der Waals surface area (Å²) in [6.45, 7) is 1.45. The summed E-state index contributed by atoms with van der Waals surface area (Å²) in [4.78, 5) is 38.0. The van der Waals surface area contributed by atoms with Crippen LogP contribution in [0.4, 0.5) is 4.79 Å². The Kier molecular flexibility index (Phi) is 4.63. The van der Waals surface area contributed by atoms with Gasteiger partial charge in [0.25, 0.3) is 5.91 Å². The molecule has 2 N–H and O–H groups in total. The van der Waals surface area contributed by atoms with Crippen LogP contribution in [0.15, 0.2) is 51.6 Å². The minimum atomic E-state index is -1.22. The zero-order valence-corrected chi connectivity index (χ0v) is 15.0. The lowest BCUT2D eigenvalue weighted by molar-refractivity contribution is -0.134. The van der Waals surface area contributed by atoms with Gasteiger partial charge in [0.1, 0.15) is 17.8 Å². The lowest BCUT2D eigenvalue weighted by Gasteiger charge is -2.23. The maximum absolute atomic E-state index is 12.8. The Morgan fingerprint density at radius 2 is 2.04 bits per heavy atom. The SMILES string of the molecule is CC1(c2ccccc2Br)NC(=O)N(CC(=O)NCc2ccco2)C1=O. The van der Waals surface area contributed by atoms with Crippen molar-refractivity contribution < 1.29 is 18.8 Å². The van der Waals surface area contributed by atoms with E-state index < -0.39 is 23.4 Å². The average molecular weight is 406 g/mol. The highest BCUT2D eigenvalue weighted by Crippen LogP contribution is 2.33. The van der Waals surface area contributed by atoms with E-state index in [-0.39, 0.29) is 13.1 Å². The Morgan fingerprint density at radius 3 is 2.72 bits per heavy atom. The topological polar surface area (TPSA) is 91.7 Å². The van der Waals surface area contributed by atoms with E-state index >= 15 is 0 Å². The summed E-state index contributed by atoms with van der Waals surface area (Å²) >= 11 is 3.39. The first kappa shape index (κ1) is 17.2. The second-order valence-electron chi connectivity index (χ2n) is 5.78. The Morgan fingerprint density at radius 1 is 1.28 bits per heavy atom. The number of nitrogens with one attached hydrogen (secondary N) is 2. The number of carbonyl (C=O) groups is 3. The third kappa shape index (κ3) is 3.30. The van der Waals surface area contributed by atoms with Crippen LogP contribution in [0, 0.1) is 0 Å². The summed E-state index contributed by atoms with van der Waals surface area (Å²) in [5.74, 6) is -0.336. The predicted molar refractivity (Wildman–Crippen MR) is 92.3 cm³/mol. The number of carbonyl (C=O) groups excluding carboxylic acids is 3. The minimum Gasteiger partial charge on any atom is -0.467 e. The third-order valence-corrected chi connectivity index (χ3v) is 4.72. The van der Waals surface area contributed by atoms with E-state index in [2.05, 4.69) is 26.6 Å². The summed E-state index contributed by atoms with van der Waals surface area (Å²) in [5.41, 5.74) is -0.592. The minimum absolute atomic E-state index is 0.191. The molecule has 25 heavy (non-hydrogen) atoms. The van der Waals surface area contributed by atoms with E-state index in [4.69, 9.17) is 4.42 Å². The fourth-order valence-electron chi connectivity index (χ4n) is 2.69. The first-order chi connectivity index (χ1) is 11.9. The zero-order valence-electron chi connectivity index (χ0n) is 13.4. The monoisotopic (exact) mass is 405 g/mol. The highest BCUT2D eigenvalue weighted by atomic mass is 79.9. The molecule has 1 saturated heterocycles. The van der Waals surface area contributed by atoms with E-state index in [0.717, 1.165) is 4.90 Å². The first-order valence-corrected chi connectivity index (χ1v) is 8.39. The molecule has 3 rings (SSSR count). The quantitative estimate of drug-likeness (QED) is 0.745. The molecule has 1 aromatic heterocycles. The van der Waals surface area contributed by atoms with Crippen LogP contribution >= 0.6 is 15.9 Å². The zero-order chi connectivity index (χ0) is 18.0. The van der Waals surface area contributed by atoms with Crippen molar-refractivity contribution in [3.63, 3.8) is 0 Å². The number of halogens is 1. The molecular formula is C17H16BrN3O4. The van der Waals surface area contributed by atoms with Gasteiger partial charge in [0.15, 0.2) is 0 Å². The largest absolute Gasteiger partial charge is 0.467 e. The summed E-state index contributed by atoms with van der Waals surface area (Å²) in [5, 5.41) is 5.29. The highest BCUT2D eigenvalue weighted by Gasteiger charge is 2.50. The van der Waals surface area contributed by atoms with Gasteiger partial charge in [-0.1, -0.05) is 34.1 Å². The van der Waals surface area contributed by atoms with Crippen LogP contribution in [0.5, 0.6) is 0 Å². The molecule has 2 aromatic rings. The predicted octanol–water partition coefficient (Wildman–Crippen LogP) is 2.13. The van der Waals surface area contributed by atoms with Gasteiger partial charge in [0.2, 0.25) is 5.91 Å². The van der Waals surface area contributed by atoms with Gasteiger partial charge < -0.3 is 15.1 Å². The van der Waals surface area contributed by atoms with Crippen molar-refractivity contribution in [2.24, 2.45) is 0 Å². The van der Waals surface area contributed by atoms with Crippen LogP contribution in [0.1, 0.15) is 18.2 Å². The van der Waals surface area contributed by atoms with E-state index in [1.165, 1.54) is 6.26 Å².